The van der Waals surface area contributed by atoms with E-state index in [4.69, 9.17) is 16.3 Å². The molecule has 0 bridgehead atoms. The number of ether oxygens (including phenoxy) is 1. The van der Waals surface area contributed by atoms with E-state index in [2.05, 4.69) is 5.32 Å². The van der Waals surface area contributed by atoms with E-state index >= 15 is 0 Å². The second-order valence-corrected chi connectivity index (χ2v) is 4.35. The number of nitrogens with one attached hydrogen (secondary N) is 1. The zero-order valence-electron chi connectivity index (χ0n) is 9.77. The number of hydrogen-bond donors (Lipinski definition) is 2. The van der Waals surface area contributed by atoms with Gasteiger partial charge >= 0.3 is 0 Å². The topological polar surface area (TPSA) is 41.5 Å². The Kier molecular flexibility index (Phi) is 5.22. The molecule has 0 heterocycles. The minimum absolute atomic E-state index is 0.176. The van der Waals surface area contributed by atoms with Crippen LogP contribution in [-0.2, 0) is 4.74 Å². The molecule has 0 aliphatic rings. The Morgan fingerprint density at radius 3 is 2.44 bits per heavy atom. The highest BCUT2D eigenvalue weighted by atomic mass is 35.5. The van der Waals surface area contributed by atoms with Crippen LogP contribution in [0.25, 0.3) is 0 Å². The van der Waals surface area contributed by atoms with Gasteiger partial charge in [-0.15, -0.1) is 0 Å². The second-order valence-electron chi connectivity index (χ2n) is 3.94. The molecular formula is C12H18ClNO2. The number of hydrogen-bond acceptors (Lipinski definition) is 3. The molecule has 0 aliphatic carbocycles. The van der Waals surface area contributed by atoms with Gasteiger partial charge in [0.25, 0.3) is 0 Å². The van der Waals surface area contributed by atoms with E-state index < -0.39 is 12.3 Å². The molecule has 90 valence electrons. The predicted molar refractivity (Wildman–Crippen MR) is 65.5 cm³/mol. The molecular weight excluding hydrogens is 226 g/mol. The normalized spacial score (nSPS) is 15.1. The maximum absolute atomic E-state index is 9.96. The first-order valence-electron chi connectivity index (χ1n) is 5.27. The van der Waals surface area contributed by atoms with Gasteiger partial charge < -0.3 is 9.84 Å². The lowest BCUT2D eigenvalue weighted by Crippen LogP contribution is -2.39. The van der Waals surface area contributed by atoms with Crippen LogP contribution in [-0.4, -0.2) is 24.5 Å². The Morgan fingerprint density at radius 1 is 1.31 bits per heavy atom. The van der Waals surface area contributed by atoms with Crippen molar-refractivity contribution in [1.29, 1.82) is 0 Å². The van der Waals surface area contributed by atoms with Crippen molar-refractivity contribution < 1.29 is 9.84 Å². The lowest BCUT2D eigenvalue weighted by molar-refractivity contribution is -0.0346. The van der Waals surface area contributed by atoms with E-state index in [0.717, 1.165) is 5.56 Å². The van der Waals surface area contributed by atoms with Crippen LogP contribution in [0.1, 0.15) is 25.5 Å². The van der Waals surface area contributed by atoms with Gasteiger partial charge in [-0.25, -0.2) is 0 Å². The van der Waals surface area contributed by atoms with Gasteiger partial charge in [-0.1, -0.05) is 29.8 Å². The van der Waals surface area contributed by atoms with Crippen molar-refractivity contribution in [1.82, 2.24) is 5.32 Å². The molecule has 4 heteroatoms. The molecule has 1 aromatic carbocycles. The molecule has 0 radical (unpaired) electrons. The molecule has 0 unspecified atom stereocenters. The van der Waals surface area contributed by atoms with Gasteiger partial charge in [-0.05, 0) is 19.9 Å². The fourth-order valence-electron chi connectivity index (χ4n) is 1.56. The van der Waals surface area contributed by atoms with Crippen LogP contribution in [0.4, 0.5) is 0 Å². The SMILES string of the molecule is CO[C@@H](c1ccccc1Cl)[C@@H](O)NC(C)C. The lowest BCUT2D eigenvalue weighted by Gasteiger charge is -2.25. The summed E-state index contributed by atoms with van der Waals surface area (Å²) in [6.07, 6.45) is -1.24. The van der Waals surface area contributed by atoms with Crippen molar-refractivity contribution in [2.24, 2.45) is 0 Å². The third-order valence-corrected chi connectivity index (χ3v) is 2.60. The van der Waals surface area contributed by atoms with E-state index in [1.165, 1.54) is 0 Å². The second kappa shape index (κ2) is 6.21. The molecule has 0 saturated carbocycles. The number of aliphatic hydroxyl groups is 1. The van der Waals surface area contributed by atoms with Crippen molar-refractivity contribution >= 4 is 11.6 Å². The smallest absolute Gasteiger partial charge is 0.135 e. The van der Waals surface area contributed by atoms with Crippen LogP contribution >= 0.6 is 11.6 Å². The third-order valence-electron chi connectivity index (χ3n) is 2.26. The Balaban J connectivity index is 2.86. The summed E-state index contributed by atoms with van der Waals surface area (Å²) in [5.74, 6) is 0. The molecule has 1 aromatic rings. The average molecular weight is 244 g/mol. The van der Waals surface area contributed by atoms with Gasteiger partial charge in [0, 0.05) is 23.7 Å². The molecule has 0 aliphatic heterocycles. The summed E-state index contributed by atoms with van der Waals surface area (Å²) in [7, 11) is 1.55. The van der Waals surface area contributed by atoms with E-state index in [1.54, 1.807) is 13.2 Å². The molecule has 0 spiro atoms. The monoisotopic (exact) mass is 243 g/mol. The van der Waals surface area contributed by atoms with Gasteiger partial charge in [-0.2, -0.15) is 0 Å². The maximum atomic E-state index is 9.96. The van der Waals surface area contributed by atoms with Crippen LogP contribution in [0.5, 0.6) is 0 Å². The van der Waals surface area contributed by atoms with Crippen molar-refractivity contribution in [2.75, 3.05) is 7.11 Å². The molecule has 0 aromatic heterocycles. The minimum atomic E-state index is -0.773. The summed E-state index contributed by atoms with van der Waals surface area (Å²) in [6.45, 7) is 3.92. The molecule has 1 rings (SSSR count). The van der Waals surface area contributed by atoms with E-state index in [1.807, 2.05) is 32.0 Å². The predicted octanol–water partition coefficient (Wildman–Crippen LogP) is 2.34. The number of halogens is 1. The number of rotatable bonds is 5. The molecule has 2 N–H and O–H groups in total. The summed E-state index contributed by atoms with van der Waals surface area (Å²) in [5.41, 5.74) is 0.785. The Labute approximate surface area is 101 Å². The largest absolute Gasteiger partial charge is 0.375 e. The fraction of sp³-hybridized carbons (Fsp3) is 0.500. The van der Waals surface area contributed by atoms with Gasteiger partial charge in [-0.3, -0.25) is 5.32 Å². The van der Waals surface area contributed by atoms with Gasteiger partial charge in [0.05, 0.1) is 0 Å². The quantitative estimate of drug-likeness (QED) is 0.780. The van der Waals surface area contributed by atoms with Crippen molar-refractivity contribution in [2.45, 2.75) is 32.2 Å². The van der Waals surface area contributed by atoms with E-state index in [-0.39, 0.29) is 6.04 Å². The molecule has 3 nitrogen and oxygen atoms in total. The average Bonchev–Trinajstić information content (AvgIpc) is 2.20. The Bertz CT molecular complexity index is 331. The van der Waals surface area contributed by atoms with Gasteiger partial charge in [0.15, 0.2) is 0 Å². The fourth-order valence-corrected chi connectivity index (χ4v) is 1.80. The zero-order valence-corrected chi connectivity index (χ0v) is 10.5. The Hall–Kier alpha value is -0.610. The van der Waals surface area contributed by atoms with Crippen LogP contribution in [0, 0.1) is 0 Å². The number of methoxy groups -OCH3 is 1. The van der Waals surface area contributed by atoms with Crippen LogP contribution in [0.2, 0.25) is 5.02 Å². The molecule has 16 heavy (non-hydrogen) atoms. The lowest BCUT2D eigenvalue weighted by atomic mass is 10.1. The first-order chi connectivity index (χ1) is 7.56. The summed E-state index contributed by atoms with van der Waals surface area (Å²) in [6, 6.07) is 7.53. The maximum Gasteiger partial charge on any atom is 0.135 e. The number of aliphatic hydroxyl groups excluding tert-OH is 1. The highest BCUT2D eigenvalue weighted by Gasteiger charge is 2.22. The first kappa shape index (κ1) is 13.5. The van der Waals surface area contributed by atoms with Crippen LogP contribution in [0.3, 0.4) is 0 Å². The van der Waals surface area contributed by atoms with E-state index in [0.29, 0.717) is 5.02 Å². The standard InChI is InChI=1S/C12H18ClNO2/c1-8(2)14-12(15)11(16-3)9-6-4-5-7-10(9)13/h4-8,11-12,14-15H,1-3H3/t11-,12+/m0/s1. The summed E-state index contributed by atoms with van der Waals surface area (Å²) in [4.78, 5) is 0. The summed E-state index contributed by atoms with van der Waals surface area (Å²) in [5, 5.41) is 13.6. The molecule has 2 atom stereocenters. The Morgan fingerprint density at radius 2 is 1.94 bits per heavy atom. The zero-order chi connectivity index (χ0) is 12.1. The van der Waals surface area contributed by atoms with Gasteiger partial charge in [0.1, 0.15) is 12.3 Å². The molecule has 0 amide bonds. The van der Waals surface area contributed by atoms with Crippen molar-refractivity contribution in [3.05, 3.63) is 34.9 Å². The summed E-state index contributed by atoms with van der Waals surface area (Å²) >= 11 is 6.06. The minimum Gasteiger partial charge on any atom is -0.375 e. The third kappa shape index (κ3) is 3.46. The highest BCUT2D eigenvalue weighted by molar-refractivity contribution is 6.31. The van der Waals surface area contributed by atoms with Crippen LogP contribution < -0.4 is 5.32 Å². The van der Waals surface area contributed by atoms with E-state index in [9.17, 15) is 5.11 Å². The summed E-state index contributed by atoms with van der Waals surface area (Å²) < 4.78 is 5.28. The van der Waals surface area contributed by atoms with Crippen molar-refractivity contribution in [3.63, 3.8) is 0 Å². The number of benzene rings is 1. The van der Waals surface area contributed by atoms with Crippen LogP contribution in [0.15, 0.2) is 24.3 Å². The van der Waals surface area contributed by atoms with Gasteiger partial charge in [0.2, 0.25) is 0 Å². The first-order valence-corrected chi connectivity index (χ1v) is 5.65. The molecule has 0 fully saturated rings. The highest BCUT2D eigenvalue weighted by Crippen LogP contribution is 2.26. The molecule has 0 saturated heterocycles. The van der Waals surface area contributed by atoms with Crippen molar-refractivity contribution in [3.8, 4) is 0 Å².